The standard InChI is InChI=1S/C18H29NO2/c1-3-19-18(12-11-16-9-5-6-13-21-16)15-8-7-10-17(14-15)20-4-2/h7-8,10,14,16,18-19H,3-6,9,11-13H2,1-2H3. The Kier molecular flexibility index (Phi) is 7.04. The molecule has 0 saturated carbocycles. The molecule has 1 aliphatic heterocycles. The van der Waals surface area contributed by atoms with Crippen molar-refractivity contribution >= 4 is 0 Å². The number of nitrogens with one attached hydrogen (secondary N) is 1. The molecule has 0 aromatic heterocycles. The van der Waals surface area contributed by atoms with Gasteiger partial charge in [-0.05, 0) is 63.3 Å². The Morgan fingerprint density at radius 3 is 2.95 bits per heavy atom. The summed E-state index contributed by atoms with van der Waals surface area (Å²) in [5.41, 5.74) is 1.32. The van der Waals surface area contributed by atoms with Crippen molar-refractivity contribution in [2.24, 2.45) is 0 Å². The highest BCUT2D eigenvalue weighted by atomic mass is 16.5. The van der Waals surface area contributed by atoms with E-state index in [9.17, 15) is 0 Å². The Balaban J connectivity index is 1.94. The lowest BCUT2D eigenvalue weighted by atomic mass is 9.97. The lowest BCUT2D eigenvalue weighted by Crippen LogP contribution is -2.25. The first-order valence-corrected chi connectivity index (χ1v) is 8.41. The zero-order valence-corrected chi connectivity index (χ0v) is 13.4. The third kappa shape index (κ3) is 5.33. The highest BCUT2D eigenvalue weighted by molar-refractivity contribution is 5.30. The Labute approximate surface area is 129 Å². The molecule has 0 aliphatic carbocycles. The Morgan fingerprint density at radius 1 is 1.33 bits per heavy atom. The van der Waals surface area contributed by atoms with Crippen LogP contribution in [-0.2, 0) is 4.74 Å². The van der Waals surface area contributed by atoms with E-state index in [1.807, 2.05) is 13.0 Å². The molecule has 0 radical (unpaired) electrons. The van der Waals surface area contributed by atoms with Crippen molar-refractivity contribution < 1.29 is 9.47 Å². The maximum atomic E-state index is 5.85. The Bertz CT molecular complexity index is 402. The minimum atomic E-state index is 0.390. The number of ether oxygens (including phenoxy) is 2. The van der Waals surface area contributed by atoms with Crippen LogP contribution >= 0.6 is 0 Å². The predicted octanol–water partition coefficient (Wildman–Crippen LogP) is 4.09. The third-order valence-electron chi connectivity index (χ3n) is 4.07. The first-order valence-electron chi connectivity index (χ1n) is 8.41. The van der Waals surface area contributed by atoms with Gasteiger partial charge in [0, 0.05) is 12.6 Å². The average molecular weight is 291 g/mol. The average Bonchev–Trinajstić information content (AvgIpc) is 2.53. The van der Waals surface area contributed by atoms with Crippen molar-refractivity contribution in [2.75, 3.05) is 19.8 Å². The molecule has 1 aliphatic rings. The van der Waals surface area contributed by atoms with E-state index in [2.05, 4.69) is 30.4 Å². The first kappa shape index (κ1) is 16.3. The molecule has 2 atom stereocenters. The molecular formula is C18H29NO2. The summed E-state index contributed by atoms with van der Waals surface area (Å²) in [5.74, 6) is 0.965. The van der Waals surface area contributed by atoms with E-state index >= 15 is 0 Å². The molecule has 1 heterocycles. The summed E-state index contributed by atoms with van der Waals surface area (Å²) in [7, 11) is 0. The summed E-state index contributed by atoms with van der Waals surface area (Å²) in [6, 6.07) is 8.86. The fraction of sp³-hybridized carbons (Fsp3) is 0.667. The number of hydrogen-bond donors (Lipinski definition) is 1. The van der Waals surface area contributed by atoms with Gasteiger partial charge in [0.1, 0.15) is 5.75 Å². The van der Waals surface area contributed by atoms with Gasteiger partial charge in [0.25, 0.3) is 0 Å². The summed E-state index contributed by atoms with van der Waals surface area (Å²) in [6.07, 6.45) is 6.47. The van der Waals surface area contributed by atoms with Gasteiger partial charge in [0.05, 0.1) is 12.7 Å². The van der Waals surface area contributed by atoms with Crippen LogP contribution in [0.2, 0.25) is 0 Å². The van der Waals surface area contributed by atoms with E-state index in [1.54, 1.807) is 0 Å². The molecule has 1 saturated heterocycles. The largest absolute Gasteiger partial charge is 0.494 e. The zero-order valence-electron chi connectivity index (χ0n) is 13.4. The van der Waals surface area contributed by atoms with Crippen LogP contribution in [0.3, 0.4) is 0 Å². The molecule has 3 heteroatoms. The van der Waals surface area contributed by atoms with Crippen molar-refractivity contribution in [2.45, 2.75) is 58.1 Å². The normalized spacial score (nSPS) is 20.2. The highest BCUT2D eigenvalue weighted by Crippen LogP contribution is 2.26. The Morgan fingerprint density at radius 2 is 2.24 bits per heavy atom. The second-order valence-corrected chi connectivity index (χ2v) is 5.68. The van der Waals surface area contributed by atoms with Gasteiger partial charge in [-0.3, -0.25) is 0 Å². The fourth-order valence-electron chi connectivity index (χ4n) is 3.01. The van der Waals surface area contributed by atoms with Crippen LogP contribution in [0.4, 0.5) is 0 Å². The number of rotatable bonds is 8. The van der Waals surface area contributed by atoms with Gasteiger partial charge in [-0.15, -0.1) is 0 Å². The minimum absolute atomic E-state index is 0.390. The lowest BCUT2D eigenvalue weighted by Gasteiger charge is -2.25. The van der Waals surface area contributed by atoms with Crippen molar-refractivity contribution in [3.8, 4) is 5.75 Å². The topological polar surface area (TPSA) is 30.5 Å². The first-order chi connectivity index (χ1) is 10.3. The van der Waals surface area contributed by atoms with Gasteiger partial charge < -0.3 is 14.8 Å². The molecule has 1 N–H and O–H groups in total. The van der Waals surface area contributed by atoms with E-state index in [-0.39, 0.29) is 0 Å². The number of benzene rings is 1. The van der Waals surface area contributed by atoms with Crippen LogP contribution in [0.1, 0.15) is 57.6 Å². The van der Waals surface area contributed by atoms with Crippen molar-refractivity contribution in [3.05, 3.63) is 29.8 Å². The monoisotopic (exact) mass is 291 g/mol. The maximum Gasteiger partial charge on any atom is 0.119 e. The SMILES string of the molecule is CCNC(CCC1CCCCO1)c1cccc(OCC)c1. The molecule has 1 aromatic rings. The van der Waals surface area contributed by atoms with E-state index in [0.29, 0.717) is 18.8 Å². The van der Waals surface area contributed by atoms with E-state index in [0.717, 1.165) is 31.7 Å². The second kappa shape index (κ2) is 9.06. The minimum Gasteiger partial charge on any atom is -0.494 e. The quantitative estimate of drug-likeness (QED) is 0.782. The summed E-state index contributed by atoms with van der Waals surface area (Å²) in [4.78, 5) is 0. The van der Waals surface area contributed by atoms with E-state index in [4.69, 9.17) is 9.47 Å². The molecular weight excluding hydrogens is 262 g/mol. The van der Waals surface area contributed by atoms with Crippen molar-refractivity contribution in [1.29, 1.82) is 0 Å². The van der Waals surface area contributed by atoms with Gasteiger partial charge in [-0.2, -0.15) is 0 Å². The van der Waals surface area contributed by atoms with Crippen LogP contribution in [0.25, 0.3) is 0 Å². The van der Waals surface area contributed by atoms with Gasteiger partial charge in [-0.25, -0.2) is 0 Å². The van der Waals surface area contributed by atoms with E-state index < -0.39 is 0 Å². The van der Waals surface area contributed by atoms with Gasteiger partial charge in [0.2, 0.25) is 0 Å². The van der Waals surface area contributed by atoms with Gasteiger partial charge in [0.15, 0.2) is 0 Å². The molecule has 3 nitrogen and oxygen atoms in total. The molecule has 2 unspecified atom stereocenters. The molecule has 1 fully saturated rings. The maximum absolute atomic E-state index is 5.85. The summed E-state index contributed by atoms with van der Waals surface area (Å²) >= 11 is 0. The van der Waals surface area contributed by atoms with Gasteiger partial charge >= 0.3 is 0 Å². The second-order valence-electron chi connectivity index (χ2n) is 5.68. The third-order valence-corrected chi connectivity index (χ3v) is 4.07. The zero-order chi connectivity index (χ0) is 14.9. The molecule has 0 spiro atoms. The van der Waals surface area contributed by atoms with Crippen LogP contribution < -0.4 is 10.1 Å². The summed E-state index contributed by atoms with van der Waals surface area (Å²) < 4.78 is 11.5. The lowest BCUT2D eigenvalue weighted by molar-refractivity contribution is 0.00856. The predicted molar refractivity (Wildman–Crippen MR) is 86.9 cm³/mol. The Hall–Kier alpha value is -1.06. The highest BCUT2D eigenvalue weighted by Gasteiger charge is 2.17. The van der Waals surface area contributed by atoms with Crippen LogP contribution in [0.5, 0.6) is 5.75 Å². The van der Waals surface area contributed by atoms with Crippen molar-refractivity contribution in [1.82, 2.24) is 5.32 Å². The fourth-order valence-corrected chi connectivity index (χ4v) is 3.01. The van der Waals surface area contributed by atoms with Crippen LogP contribution in [-0.4, -0.2) is 25.9 Å². The smallest absolute Gasteiger partial charge is 0.119 e. The summed E-state index contributed by atoms with van der Waals surface area (Å²) in [5, 5.41) is 3.60. The van der Waals surface area contributed by atoms with Crippen molar-refractivity contribution in [3.63, 3.8) is 0 Å². The van der Waals surface area contributed by atoms with Crippen LogP contribution in [0.15, 0.2) is 24.3 Å². The summed E-state index contributed by atoms with van der Waals surface area (Å²) in [6.45, 7) is 6.82. The molecule has 2 rings (SSSR count). The van der Waals surface area contributed by atoms with Gasteiger partial charge in [-0.1, -0.05) is 19.1 Å². The molecule has 0 amide bonds. The molecule has 0 bridgehead atoms. The number of hydrogen-bond acceptors (Lipinski definition) is 3. The molecule has 118 valence electrons. The van der Waals surface area contributed by atoms with E-state index in [1.165, 1.54) is 24.8 Å². The molecule has 1 aromatic carbocycles. The van der Waals surface area contributed by atoms with Crippen LogP contribution in [0, 0.1) is 0 Å². The molecule has 21 heavy (non-hydrogen) atoms.